The van der Waals surface area contributed by atoms with E-state index < -0.39 is 0 Å². The van der Waals surface area contributed by atoms with Crippen molar-refractivity contribution in [3.8, 4) is 5.75 Å². The molecular weight excluding hydrogens is 282 g/mol. The van der Waals surface area contributed by atoms with Crippen LogP contribution in [0.2, 0.25) is 5.02 Å². The van der Waals surface area contributed by atoms with Gasteiger partial charge in [-0.3, -0.25) is 0 Å². The molecule has 0 spiro atoms. The topological polar surface area (TPSA) is 21.3 Å². The van der Waals surface area contributed by atoms with Gasteiger partial charge in [-0.05, 0) is 48.6 Å². The van der Waals surface area contributed by atoms with Crippen LogP contribution in [0.4, 0.5) is 0 Å². The summed E-state index contributed by atoms with van der Waals surface area (Å²) in [5.41, 5.74) is 3.64. The van der Waals surface area contributed by atoms with E-state index in [1.165, 1.54) is 24.0 Å². The molecule has 0 bridgehead atoms. The first-order valence-electron chi connectivity index (χ1n) is 7.41. The average molecular weight is 302 g/mol. The van der Waals surface area contributed by atoms with Crippen molar-refractivity contribution in [3.05, 3.63) is 64.2 Å². The monoisotopic (exact) mass is 301 g/mol. The molecule has 2 aromatic rings. The van der Waals surface area contributed by atoms with Crippen molar-refractivity contribution >= 4 is 11.6 Å². The summed E-state index contributed by atoms with van der Waals surface area (Å²) < 4.78 is 5.95. The van der Waals surface area contributed by atoms with Crippen LogP contribution in [-0.4, -0.2) is 6.04 Å². The second-order valence-corrected chi connectivity index (χ2v) is 6.06. The molecule has 0 unspecified atom stereocenters. The zero-order valence-electron chi connectivity index (χ0n) is 12.2. The average Bonchev–Trinajstić information content (AvgIpc) is 3.31. The second kappa shape index (κ2) is 6.50. The Morgan fingerprint density at radius 3 is 2.67 bits per heavy atom. The standard InChI is InChI=1S/C18H20ClNO/c1-13-6-7-16(19)10-18(13)21-12-15-5-3-2-4-14(15)11-20-17-8-9-17/h2-7,10,17,20H,8-9,11-12H2,1H3. The number of halogens is 1. The van der Waals surface area contributed by atoms with Crippen LogP contribution >= 0.6 is 11.6 Å². The molecule has 2 aromatic carbocycles. The summed E-state index contributed by atoms with van der Waals surface area (Å²) in [6.07, 6.45) is 2.61. The number of ether oxygens (including phenoxy) is 1. The Hall–Kier alpha value is -1.51. The smallest absolute Gasteiger partial charge is 0.124 e. The van der Waals surface area contributed by atoms with E-state index in [2.05, 4.69) is 29.6 Å². The molecule has 0 radical (unpaired) electrons. The van der Waals surface area contributed by atoms with Gasteiger partial charge >= 0.3 is 0 Å². The van der Waals surface area contributed by atoms with Gasteiger partial charge in [0.2, 0.25) is 0 Å². The van der Waals surface area contributed by atoms with Crippen molar-refractivity contribution in [1.82, 2.24) is 5.32 Å². The molecule has 0 atom stereocenters. The molecule has 3 rings (SSSR count). The maximum atomic E-state index is 6.03. The van der Waals surface area contributed by atoms with Crippen LogP contribution in [0, 0.1) is 6.92 Å². The molecule has 2 nitrogen and oxygen atoms in total. The number of hydrogen-bond acceptors (Lipinski definition) is 2. The minimum atomic E-state index is 0.573. The third-order valence-electron chi connectivity index (χ3n) is 3.81. The second-order valence-electron chi connectivity index (χ2n) is 5.62. The molecular formula is C18H20ClNO. The molecule has 3 heteroatoms. The van der Waals surface area contributed by atoms with Gasteiger partial charge in [-0.15, -0.1) is 0 Å². The van der Waals surface area contributed by atoms with Crippen LogP contribution in [-0.2, 0) is 13.2 Å². The number of rotatable bonds is 6. The fourth-order valence-electron chi connectivity index (χ4n) is 2.30. The Balaban J connectivity index is 1.67. The van der Waals surface area contributed by atoms with Gasteiger partial charge in [0.1, 0.15) is 12.4 Å². The van der Waals surface area contributed by atoms with Gasteiger partial charge in [-0.2, -0.15) is 0 Å². The molecule has 0 heterocycles. The first-order valence-corrected chi connectivity index (χ1v) is 7.79. The number of aryl methyl sites for hydroxylation is 1. The quantitative estimate of drug-likeness (QED) is 0.849. The summed E-state index contributed by atoms with van der Waals surface area (Å²) in [6, 6.07) is 14.9. The zero-order chi connectivity index (χ0) is 14.7. The first-order chi connectivity index (χ1) is 10.2. The van der Waals surface area contributed by atoms with Crippen LogP contribution in [0.3, 0.4) is 0 Å². The molecule has 0 amide bonds. The Morgan fingerprint density at radius 1 is 1.14 bits per heavy atom. The van der Waals surface area contributed by atoms with E-state index in [0.29, 0.717) is 17.7 Å². The van der Waals surface area contributed by atoms with Crippen molar-refractivity contribution < 1.29 is 4.74 Å². The maximum Gasteiger partial charge on any atom is 0.124 e. The van der Waals surface area contributed by atoms with Crippen LogP contribution in [0.1, 0.15) is 29.5 Å². The van der Waals surface area contributed by atoms with E-state index in [9.17, 15) is 0 Å². The number of hydrogen-bond donors (Lipinski definition) is 1. The van der Waals surface area contributed by atoms with E-state index in [-0.39, 0.29) is 0 Å². The summed E-state index contributed by atoms with van der Waals surface area (Å²) in [5, 5.41) is 4.26. The van der Waals surface area contributed by atoms with Crippen LogP contribution in [0.25, 0.3) is 0 Å². The van der Waals surface area contributed by atoms with Crippen molar-refractivity contribution in [2.45, 2.75) is 39.0 Å². The van der Waals surface area contributed by atoms with Crippen molar-refractivity contribution in [2.24, 2.45) is 0 Å². The predicted octanol–water partition coefficient (Wildman–Crippen LogP) is 4.48. The van der Waals surface area contributed by atoms with Crippen LogP contribution in [0.5, 0.6) is 5.75 Å². The van der Waals surface area contributed by atoms with E-state index in [4.69, 9.17) is 16.3 Å². The van der Waals surface area contributed by atoms with Gasteiger partial charge in [-0.1, -0.05) is 41.9 Å². The molecule has 1 fully saturated rings. The summed E-state index contributed by atoms with van der Waals surface area (Å²) in [6.45, 7) is 3.52. The molecule has 0 saturated heterocycles. The van der Waals surface area contributed by atoms with Gasteiger partial charge in [0, 0.05) is 17.6 Å². The lowest BCUT2D eigenvalue weighted by molar-refractivity contribution is 0.302. The SMILES string of the molecule is Cc1ccc(Cl)cc1OCc1ccccc1CNC1CC1. The molecule has 110 valence electrons. The summed E-state index contributed by atoms with van der Waals surface area (Å²) in [7, 11) is 0. The number of nitrogens with one attached hydrogen (secondary N) is 1. The third kappa shape index (κ3) is 3.99. The molecule has 0 aliphatic heterocycles. The van der Waals surface area contributed by atoms with Crippen LogP contribution in [0.15, 0.2) is 42.5 Å². The first kappa shape index (κ1) is 14.4. The molecule has 21 heavy (non-hydrogen) atoms. The van der Waals surface area contributed by atoms with Crippen molar-refractivity contribution in [3.63, 3.8) is 0 Å². The minimum Gasteiger partial charge on any atom is -0.489 e. The lowest BCUT2D eigenvalue weighted by Gasteiger charge is -2.13. The lowest BCUT2D eigenvalue weighted by atomic mass is 10.1. The largest absolute Gasteiger partial charge is 0.489 e. The Bertz CT molecular complexity index is 622. The summed E-state index contributed by atoms with van der Waals surface area (Å²) in [4.78, 5) is 0. The predicted molar refractivity (Wildman–Crippen MR) is 86.8 cm³/mol. The molecule has 1 N–H and O–H groups in total. The highest BCUT2D eigenvalue weighted by Gasteiger charge is 2.20. The van der Waals surface area contributed by atoms with E-state index in [1.54, 1.807) is 0 Å². The van der Waals surface area contributed by atoms with Crippen molar-refractivity contribution in [2.75, 3.05) is 0 Å². The highest BCUT2D eigenvalue weighted by molar-refractivity contribution is 6.30. The van der Waals surface area contributed by atoms with Gasteiger partial charge in [0.25, 0.3) is 0 Å². The molecule has 1 saturated carbocycles. The van der Waals surface area contributed by atoms with E-state index >= 15 is 0 Å². The molecule has 1 aliphatic rings. The fourth-order valence-corrected chi connectivity index (χ4v) is 2.46. The maximum absolute atomic E-state index is 6.03. The Labute approximate surface area is 131 Å². The van der Waals surface area contributed by atoms with E-state index in [1.807, 2.05) is 25.1 Å². The third-order valence-corrected chi connectivity index (χ3v) is 4.05. The van der Waals surface area contributed by atoms with E-state index in [0.717, 1.165) is 17.9 Å². The summed E-state index contributed by atoms with van der Waals surface area (Å²) in [5.74, 6) is 0.854. The van der Waals surface area contributed by atoms with Gasteiger partial charge < -0.3 is 10.1 Å². The van der Waals surface area contributed by atoms with Crippen LogP contribution < -0.4 is 10.1 Å². The van der Waals surface area contributed by atoms with Gasteiger partial charge in [-0.25, -0.2) is 0 Å². The van der Waals surface area contributed by atoms with Crippen molar-refractivity contribution in [1.29, 1.82) is 0 Å². The Kier molecular flexibility index (Phi) is 4.47. The van der Waals surface area contributed by atoms with Gasteiger partial charge in [0.15, 0.2) is 0 Å². The zero-order valence-corrected chi connectivity index (χ0v) is 13.0. The highest BCUT2D eigenvalue weighted by atomic mass is 35.5. The summed E-state index contributed by atoms with van der Waals surface area (Å²) >= 11 is 6.03. The minimum absolute atomic E-state index is 0.573. The normalized spacial score (nSPS) is 14.2. The fraction of sp³-hybridized carbons (Fsp3) is 0.333. The lowest BCUT2D eigenvalue weighted by Crippen LogP contribution is -2.16. The highest BCUT2D eigenvalue weighted by Crippen LogP contribution is 2.24. The molecule has 0 aromatic heterocycles. The number of benzene rings is 2. The van der Waals surface area contributed by atoms with Gasteiger partial charge in [0.05, 0.1) is 0 Å². The Morgan fingerprint density at radius 2 is 1.90 bits per heavy atom. The molecule has 1 aliphatic carbocycles.